The first-order valence-corrected chi connectivity index (χ1v) is 11.3. The number of carbonyl (C=O) groups excluding carboxylic acids is 1. The predicted octanol–water partition coefficient (Wildman–Crippen LogP) is 4.05. The van der Waals surface area contributed by atoms with E-state index in [4.69, 9.17) is 4.42 Å². The number of nitrogens with one attached hydrogen (secondary N) is 1. The summed E-state index contributed by atoms with van der Waals surface area (Å²) < 4.78 is 7.92. The fourth-order valence-electron chi connectivity index (χ4n) is 4.84. The molecule has 0 radical (unpaired) electrons. The van der Waals surface area contributed by atoms with Gasteiger partial charge in [-0.3, -0.25) is 4.79 Å². The minimum atomic E-state index is -0.430. The molecule has 0 bridgehead atoms. The van der Waals surface area contributed by atoms with E-state index in [9.17, 15) is 4.79 Å². The average molecular weight is 461 g/mol. The number of hydrogen-bond acceptors (Lipinski definition) is 6. The number of nitrogens with zero attached hydrogens (tertiary/aromatic N) is 6. The molecule has 0 unspecified atom stereocenters. The van der Waals surface area contributed by atoms with Gasteiger partial charge < -0.3 is 14.3 Å². The zero-order valence-corrected chi connectivity index (χ0v) is 18.5. The highest BCUT2D eigenvalue weighted by atomic mass is 16.3. The lowest BCUT2D eigenvalue weighted by Gasteiger charge is -2.33. The second kappa shape index (κ2) is 7.63. The van der Waals surface area contributed by atoms with Crippen LogP contribution in [0.5, 0.6) is 0 Å². The summed E-state index contributed by atoms with van der Waals surface area (Å²) in [6.07, 6.45) is 9.06. The molecular weight excluding hydrogens is 442 g/mol. The molecule has 0 spiro atoms. The Kier molecular flexibility index (Phi) is 4.28. The van der Waals surface area contributed by atoms with Crippen molar-refractivity contribution in [2.75, 3.05) is 6.54 Å². The van der Waals surface area contributed by atoms with Crippen molar-refractivity contribution in [3.8, 4) is 11.3 Å². The summed E-state index contributed by atoms with van der Waals surface area (Å²) in [7, 11) is 0. The third kappa shape index (κ3) is 3.12. The van der Waals surface area contributed by atoms with Crippen molar-refractivity contribution in [3.63, 3.8) is 0 Å². The van der Waals surface area contributed by atoms with Gasteiger partial charge in [-0.1, -0.05) is 18.2 Å². The van der Waals surface area contributed by atoms with E-state index in [1.807, 2.05) is 59.6 Å². The van der Waals surface area contributed by atoms with E-state index in [-0.39, 0.29) is 5.91 Å². The predicted molar refractivity (Wildman–Crippen MR) is 128 cm³/mol. The summed E-state index contributed by atoms with van der Waals surface area (Å²) >= 11 is 0. The molecule has 1 atom stereocenters. The summed E-state index contributed by atoms with van der Waals surface area (Å²) in [6, 6.07) is 15.1. The van der Waals surface area contributed by atoms with Crippen molar-refractivity contribution < 1.29 is 9.21 Å². The maximum absolute atomic E-state index is 13.9. The Bertz CT molecular complexity index is 1670. The third-order valence-electron chi connectivity index (χ3n) is 6.52. The second-order valence-corrected chi connectivity index (χ2v) is 8.50. The van der Waals surface area contributed by atoms with E-state index in [0.29, 0.717) is 24.3 Å². The number of pyridine rings is 1. The minimum absolute atomic E-state index is 0.117. The number of aromatic nitrogens is 6. The standard InChI is InChI=1S/C26H19N7O2/c34-26(18-12-31-33-13-17(5-6-21(18)33)19-7-9-27-14-28-19)32-10-8-20-24(30-15-29-20)25(32)23-11-16-3-1-2-4-22(16)35-23/h1-7,9,11-15,25H,8,10H2,(H,29,30)/t25-/m1/s1. The van der Waals surface area contributed by atoms with E-state index in [0.717, 1.165) is 39.1 Å². The molecule has 0 fully saturated rings. The number of rotatable bonds is 3. The number of amides is 1. The molecule has 170 valence electrons. The van der Waals surface area contributed by atoms with Gasteiger partial charge in [-0.15, -0.1) is 0 Å². The van der Waals surface area contributed by atoms with Crippen molar-refractivity contribution in [1.82, 2.24) is 34.4 Å². The number of fused-ring (bicyclic) bond motifs is 3. The first-order valence-electron chi connectivity index (χ1n) is 11.3. The van der Waals surface area contributed by atoms with E-state index in [1.165, 1.54) is 6.33 Å². The molecule has 1 aromatic carbocycles. The molecule has 6 aromatic rings. The van der Waals surface area contributed by atoms with Crippen molar-refractivity contribution in [1.29, 1.82) is 0 Å². The quantitative estimate of drug-likeness (QED) is 0.426. The molecule has 9 heteroatoms. The van der Waals surface area contributed by atoms with Gasteiger partial charge in [-0.25, -0.2) is 19.5 Å². The monoisotopic (exact) mass is 461 g/mol. The highest BCUT2D eigenvalue weighted by Gasteiger charge is 2.37. The number of aromatic amines is 1. The average Bonchev–Trinajstić information content (AvgIpc) is 3.65. The number of carbonyl (C=O) groups is 1. The van der Waals surface area contributed by atoms with E-state index in [2.05, 4.69) is 25.0 Å². The molecule has 1 aliphatic heterocycles. The summed E-state index contributed by atoms with van der Waals surface area (Å²) in [5.41, 5.74) is 5.55. The van der Waals surface area contributed by atoms with Gasteiger partial charge in [0.15, 0.2) is 0 Å². The molecule has 0 saturated carbocycles. The summed E-state index contributed by atoms with van der Waals surface area (Å²) in [4.78, 5) is 31.8. The number of H-pyrrole nitrogens is 1. The number of para-hydroxylation sites is 1. The molecule has 1 N–H and O–H groups in total. The van der Waals surface area contributed by atoms with E-state index in [1.54, 1.807) is 23.2 Å². The maximum Gasteiger partial charge on any atom is 0.258 e. The molecule has 7 rings (SSSR count). The SMILES string of the molecule is O=C(c1cnn2cc(-c3ccncn3)ccc12)N1CCc2[nH]cnc2[C@H]1c1cc2ccccc2o1. The Balaban J connectivity index is 1.30. The summed E-state index contributed by atoms with van der Waals surface area (Å²) in [6.45, 7) is 0.534. The van der Waals surface area contributed by atoms with Gasteiger partial charge in [0.2, 0.25) is 0 Å². The van der Waals surface area contributed by atoms with Gasteiger partial charge in [0, 0.05) is 42.0 Å². The van der Waals surface area contributed by atoms with Crippen LogP contribution in [0, 0.1) is 0 Å². The van der Waals surface area contributed by atoms with Gasteiger partial charge >= 0.3 is 0 Å². The molecular formula is C26H19N7O2. The summed E-state index contributed by atoms with van der Waals surface area (Å²) in [5, 5.41) is 5.46. The molecule has 5 aromatic heterocycles. The molecule has 9 nitrogen and oxygen atoms in total. The second-order valence-electron chi connectivity index (χ2n) is 8.50. The van der Waals surface area contributed by atoms with Crippen molar-refractivity contribution in [2.24, 2.45) is 0 Å². The maximum atomic E-state index is 13.9. The molecule has 35 heavy (non-hydrogen) atoms. The normalized spacial score (nSPS) is 15.5. The van der Waals surface area contributed by atoms with Gasteiger partial charge in [-0.2, -0.15) is 5.10 Å². The van der Waals surface area contributed by atoms with Gasteiger partial charge in [0.1, 0.15) is 23.7 Å². The van der Waals surface area contributed by atoms with Crippen LogP contribution >= 0.6 is 0 Å². The van der Waals surface area contributed by atoms with Crippen LogP contribution in [0.1, 0.15) is 33.5 Å². The number of hydrogen-bond donors (Lipinski definition) is 1. The third-order valence-corrected chi connectivity index (χ3v) is 6.52. The Hall–Kier alpha value is -4.79. The minimum Gasteiger partial charge on any atom is -0.458 e. The number of benzene rings is 1. The molecule has 6 heterocycles. The van der Waals surface area contributed by atoms with Crippen LogP contribution in [0.2, 0.25) is 0 Å². The first-order chi connectivity index (χ1) is 17.3. The Labute approximate surface area is 199 Å². The van der Waals surface area contributed by atoms with Crippen LogP contribution in [0.4, 0.5) is 0 Å². The lowest BCUT2D eigenvalue weighted by Crippen LogP contribution is -2.40. The molecule has 1 amide bonds. The summed E-state index contributed by atoms with van der Waals surface area (Å²) in [5.74, 6) is 0.573. The van der Waals surface area contributed by atoms with E-state index < -0.39 is 6.04 Å². The Morgan fingerprint density at radius 2 is 2.06 bits per heavy atom. The van der Waals surface area contributed by atoms with Crippen LogP contribution < -0.4 is 0 Å². The molecule has 0 saturated heterocycles. The van der Waals surface area contributed by atoms with Crippen LogP contribution in [0.15, 0.2) is 84.2 Å². The van der Waals surface area contributed by atoms with E-state index >= 15 is 0 Å². The van der Waals surface area contributed by atoms with Crippen LogP contribution in [0.3, 0.4) is 0 Å². The van der Waals surface area contributed by atoms with Crippen LogP contribution in [-0.2, 0) is 6.42 Å². The zero-order chi connectivity index (χ0) is 23.4. The van der Waals surface area contributed by atoms with Gasteiger partial charge in [0.25, 0.3) is 5.91 Å². The topological polar surface area (TPSA) is 105 Å². The Morgan fingerprint density at radius 3 is 2.94 bits per heavy atom. The van der Waals surface area contributed by atoms with Gasteiger partial charge in [-0.05, 0) is 30.3 Å². The number of furan rings is 1. The number of imidazole rings is 1. The Morgan fingerprint density at radius 1 is 1.11 bits per heavy atom. The molecule has 0 aliphatic carbocycles. The van der Waals surface area contributed by atoms with Crippen molar-refractivity contribution in [3.05, 3.63) is 102 Å². The lowest BCUT2D eigenvalue weighted by atomic mass is 9.99. The van der Waals surface area contributed by atoms with Gasteiger partial charge in [0.05, 0.1) is 35.0 Å². The largest absolute Gasteiger partial charge is 0.458 e. The fraction of sp³-hybridized carbons (Fsp3) is 0.115. The smallest absolute Gasteiger partial charge is 0.258 e. The lowest BCUT2D eigenvalue weighted by molar-refractivity contribution is 0.0675. The van der Waals surface area contributed by atoms with Crippen molar-refractivity contribution >= 4 is 22.4 Å². The first kappa shape index (κ1) is 19.7. The highest BCUT2D eigenvalue weighted by molar-refractivity contribution is 6.01. The van der Waals surface area contributed by atoms with Crippen LogP contribution in [0.25, 0.3) is 27.7 Å². The highest BCUT2D eigenvalue weighted by Crippen LogP contribution is 2.37. The zero-order valence-electron chi connectivity index (χ0n) is 18.5. The fourth-order valence-corrected chi connectivity index (χ4v) is 4.84. The van der Waals surface area contributed by atoms with Crippen molar-refractivity contribution in [2.45, 2.75) is 12.5 Å². The van der Waals surface area contributed by atoms with Crippen LogP contribution in [-0.4, -0.2) is 46.9 Å². The molecule has 1 aliphatic rings.